The van der Waals surface area contributed by atoms with Crippen LogP contribution in [-0.2, 0) is 7.05 Å². The lowest BCUT2D eigenvalue weighted by atomic mass is 10.1. The fraction of sp³-hybridized carbons (Fsp3) is 0.188. The van der Waals surface area contributed by atoms with Gasteiger partial charge in [-0.1, -0.05) is 11.3 Å². The number of aryl methyl sites for hydroxylation is 3. The molecule has 5 nitrogen and oxygen atoms in total. The van der Waals surface area contributed by atoms with Crippen molar-refractivity contribution >= 4 is 22.6 Å². The zero-order valence-corrected chi connectivity index (χ0v) is 12.2. The maximum atomic E-state index is 12.3. The molecule has 21 heavy (non-hydrogen) atoms. The van der Waals surface area contributed by atoms with Crippen LogP contribution in [0.2, 0.25) is 0 Å². The van der Waals surface area contributed by atoms with Crippen LogP contribution in [0.1, 0.15) is 21.5 Å². The summed E-state index contributed by atoms with van der Waals surface area (Å²) in [6.07, 6.45) is 0. The molecule has 1 heterocycles. The highest BCUT2D eigenvalue weighted by atomic mass is 16.1. The summed E-state index contributed by atoms with van der Waals surface area (Å²) in [5.41, 5.74) is 5.23. The van der Waals surface area contributed by atoms with E-state index in [4.69, 9.17) is 0 Å². The first-order chi connectivity index (χ1) is 10.0. The summed E-state index contributed by atoms with van der Waals surface area (Å²) in [6.45, 7) is 4.02. The third-order valence-electron chi connectivity index (χ3n) is 3.35. The van der Waals surface area contributed by atoms with Gasteiger partial charge in [0.05, 0.1) is 5.52 Å². The van der Waals surface area contributed by atoms with Gasteiger partial charge < -0.3 is 5.32 Å². The molecule has 0 aliphatic carbocycles. The first-order valence-corrected chi connectivity index (χ1v) is 6.72. The fourth-order valence-electron chi connectivity index (χ4n) is 2.43. The van der Waals surface area contributed by atoms with Gasteiger partial charge in [0, 0.05) is 18.3 Å². The molecule has 0 saturated carbocycles. The van der Waals surface area contributed by atoms with E-state index < -0.39 is 0 Å². The average Bonchev–Trinajstić information content (AvgIpc) is 2.78. The van der Waals surface area contributed by atoms with E-state index in [1.807, 2.05) is 39.1 Å². The van der Waals surface area contributed by atoms with E-state index >= 15 is 0 Å². The highest BCUT2D eigenvalue weighted by Crippen LogP contribution is 2.17. The van der Waals surface area contributed by atoms with Crippen LogP contribution < -0.4 is 5.32 Å². The molecule has 0 saturated heterocycles. The summed E-state index contributed by atoms with van der Waals surface area (Å²) in [7, 11) is 1.82. The van der Waals surface area contributed by atoms with Crippen LogP contribution in [0.3, 0.4) is 0 Å². The van der Waals surface area contributed by atoms with Gasteiger partial charge in [0.1, 0.15) is 5.52 Å². The Kier molecular flexibility index (Phi) is 3.17. The molecule has 1 N–H and O–H groups in total. The number of rotatable bonds is 2. The van der Waals surface area contributed by atoms with E-state index in [1.165, 1.54) is 0 Å². The Morgan fingerprint density at radius 1 is 1.10 bits per heavy atom. The number of aromatic nitrogens is 3. The summed E-state index contributed by atoms with van der Waals surface area (Å²) >= 11 is 0. The number of hydrogen-bond acceptors (Lipinski definition) is 3. The van der Waals surface area contributed by atoms with Gasteiger partial charge in [0.2, 0.25) is 0 Å². The molecule has 106 valence electrons. The number of carbonyl (C=O) groups is 1. The van der Waals surface area contributed by atoms with Crippen molar-refractivity contribution in [3.05, 3.63) is 53.1 Å². The van der Waals surface area contributed by atoms with E-state index in [-0.39, 0.29) is 5.91 Å². The molecule has 0 spiro atoms. The van der Waals surface area contributed by atoms with Crippen molar-refractivity contribution in [3.8, 4) is 0 Å². The lowest BCUT2D eigenvalue weighted by Crippen LogP contribution is -2.12. The molecule has 3 rings (SSSR count). The zero-order valence-electron chi connectivity index (χ0n) is 12.2. The number of nitrogens with one attached hydrogen (secondary N) is 1. The van der Waals surface area contributed by atoms with Gasteiger partial charge in [-0.05, 0) is 55.3 Å². The summed E-state index contributed by atoms with van der Waals surface area (Å²) in [6, 6.07) is 11.4. The topological polar surface area (TPSA) is 59.8 Å². The van der Waals surface area contributed by atoms with Crippen LogP contribution in [0.15, 0.2) is 36.4 Å². The highest BCUT2D eigenvalue weighted by molar-refractivity contribution is 6.05. The molecular weight excluding hydrogens is 264 g/mol. The van der Waals surface area contributed by atoms with Crippen molar-refractivity contribution in [3.63, 3.8) is 0 Å². The quantitative estimate of drug-likeness (QED) is 0.785. The molecule has 0 bridgehead atoms. The van der Waals surface area contributed by atoms with Crippen LogP contribution in [0.4, 0.5) is 5.69 Å². The Bertz CT molecular complexity index is 815. The lowest BCUT2D eigenvalue weighted by Gasteiger charge is -2.07. The van der Waals surface area contributed by atoms with E-state index in [9.17, 15) is 4.79 Å². The van der Waals surface area contributed by atoms with Gasteiger partial charge in [-0.15, -0.1) is 5.10 Å². The van der Waals surface area contributed by atoms with Gasteiger partial charge in [-0.2, -0.15) is 0 Å². The average molecular weight is 280 g/mol. The van der Waals surface area contributed by atoms with Gasteiger partial charge in [-0.3, -0.25) is 4.79 Å². The van der Waals surface area contributed by atoms with Crippen LogP contribution in [-0.4, -0.2) is 20.9 Å². The first kappa shape index (κ1) is 13.3. The number of amides is 1. The maximum Gasteiger partial charge on any atom is 0.255 e. The van der Waals surface area contributed by atoms with Crippen LogP contribution in [0, 0.1) is 13.8 Å². The van der Waals surface area contributed by atoms with Crippen molar-refractivity contribution < 1.29 is 4.79 Å². The maximum absolute atomic E-state index is 12.3. The summed E-state index contributed by atoms with van der Waals surface area (Å²) in [5, 5.41) is 10.9. The monoisotopic (exact) mass is 280 g/mol. The normalized spacial score (nSPS) is 10.8. The van der Waals surface area contributed by atoms with Gasteiger partial charge in [0.25, 0.3) is 5.91 Å². The van der Waals surface area contributed by atoms with Crippen molar-refractivity contribution in [2.75, 3.05) is 5.32 Å². The molecule has 1 aromatic heterocycles. The second kappa shape index (κ2) is 5.01. The molecule has 0 fully saturated rings. The second-order valence-electron chi connectivity index (χ2n) is 5.25. The minimum absolute atomic E-state index is 0.146. The SMILES string of the molecule is Cc1cc(C)cc(NC(=O)c2ccc3c(c2)nnn3C)c1. The van der Waals surface area contributed by atoms with Crippen molar-refractivity contribution in [1.82, 2.24) is 15.0 Å². The number of hydrogen-bond donors (Lipinski definition) is 1. The van der Waals surface area contributed by atoms with Gasteiger partial charge >= 0.3 is 0 Å². The molecule has 0 aliphatic heterocycles. The minimum Gasteiger partial charge on any atom is -0.322 e. The lowest BCUT2D eigenvalue weighted by molar-refractivity contribution is 0.102. The Hall–Kier alpha value is -2.69. The number of carbonyl (C=O) groups excluding carboxylic acids is 1. The molecule has 0 atom stereocenters. The van der Waals surface area contributed by atoms with Crippen LogP contribution in [0.5, 0.6) is 0 Å². The summed E-state index contributed by atoms with van der Waals surface area (Å²) in [4.78, 5) is 12.3. The minimum atomic E-state index is -0.146. The van der Waals surface area contributed by atoms with Crippen molar-refractivity contribution in [2.45, 2.75) is 13.8 Å². The molecule has 0 radical (unpaired) electrons. The van der Waals surface area contributed by atoms with E-state index in [0.717, 1.165) is 22.3 Å². The molecule has 5 heteroatoms. The van der Waals surface area contributed by atoms with Gasteiger partial charge in [0.15, 0.2) is 0 Å². The van der Waals surface area contributed by atoms with Crippen LogP contribution >= 0.6 is 0 Å². The first-order valence-electron chi connectivity index (χ1n) is 6.72. The fourth-order valence-corrected chi connectivity index (χ4v) is 2.43. The largest absolute Gasteiger partial charge is 0.322 e. The number of nitrogens with zero attached hydrogens (tertiary/aromatic N) is 3. The molecule has 0 aliphatic rings. The van der Waals surface area contributed by atoms with E-state index in [0.29, 0.717) is 11.1 Å². The Morgan fingerprint density at radius 3 is 2.52 bits per heavy atom. The second-order valence-corrected chi connectivity index (χ2v) is 5.25. The van der Waals surface area contributed by atoms with E-state index in [2.05, 4.69) is 21.7 Å². The Labute approximate surface area is 122 Å². The number of fused-ring (bicyclic) bond motifs is 1. The summed E-state index contributed by atoms with van der Waals surface area (Å²) < 4.78 is 1.68. The summed E-state index contributed by atoms with van der Waals surface area (Å²) in [5.74, 6) is -0.146. The van der Waals surface area contributed by atoms with Crippen molar-refractivity contribution in [2.24, 2.45) is 7.05 Å². The number of anilines is 1. The van der Waals surface area contributed by atoms with Crippen molar-refractivity contribution in [1.29, 1.82) is 0 Å². The van der Waals surface area contributed by atoms with E-state index in [1.54, 1.807) is 16.8 Å². The highest BCUT2D eigenvalue weighted by Gasteiger charge is 2.09. The molecule has 0 unspecified atom stereocenters. The molecular formula is C16H16N4O. The molecule has 3 aromatic rings. The molecule has 2 aromatic carbocycles. The predicted octanol–water partition coefficient (Wildman–Crippen LogP) is 2.84. The zero-order chi connectivity index (χ0) is 15.0. The third-order valence-corrected chi connectivity index (χ3v) is 3.35. The smallest absolute Gasteiger partial charge is 0.255 e. The predicted molar refractivity (Wildman–Crippen MR) is 82.4 cm³/mol. The van der Waals surface area contributed by atoms with Crippen LogP contribution in [0.25, 0.3) is 11.0 Å². The standard InChI is InChI=1S/C16H16N4O/c1-10-6-11(2)8-13(7-10)17-16(21)12-4-5-15-14(9-12)18-19-20(15)3/h4-9H,1-3H3,(H,17,21). The van der Waals surface area contributed by atoms with Gasteiger partial charge in [-0.25, -0.2) is 4.68 Å². The molecule has 1 amide bonds. The Balaban J connectivity index is 1.89. The Morgan fingerprint density at radius 2 is 1.81 bits per heavy atom. The number of benzene rings is 2. The third kappa shape index (κ3) is 2.63.